The van der Waals surface area contributed by atoms with Gasteiger partial charge in [-0.15, -0.1) is 0 Å². The zero-order valence-electron chi connectivity index (χ0n) is 13.0. The minimum Gasteiger partial charge on any atom is -0.507 e. The fraction of sp³-hybridized carbons (Fsp3) is 0.235. The molecule has 0 fully saturated rings. The van der Waals surface area contributed by atoms with Crippen molar-refractivity contribution in [3.63, 3.8) is 0 Å². The number of carbonyl (C=O) groups excluding carboxylic acids is 1. The van der Waals surface area contributed by atoms with E-state index in [1.807, 2.05) is 6.92 Å². The summed E-state index contributed by atoms with van der Waals surface area (Å²) in [5.41, 5.74) is 3.23. The molecule has 2 N–H and O–H groups in total. The lowest BCUT2D eigenvalue weighted by atomic mass is 10.0. The number of nitrogens with zero attached hydrogens (tertiary/aromatic N) is 2. The van der Waals surface area contributed by atoms with Crippen LogP contribution in [0.4, 0.5) is 4.39 Å². The third kappa shape index (κ3) is 2.92. The highest BCUT2D eigenvalue weighted by Gasteiger charge is 2.30. The van der Waals surface area contributed by atoms with Crippen molar-refractivity contribution in [3.05, 3.63) is 63.8 Å². The van der Waals surface area contributed by atoms with Crippen molar-refractivity contribution in [1.82, 2.24) is 9.99 Å². The molecule has 1 amide bonds. The number of fused-ring (bicyclic) bond motifs is 1. The maximum Gasteiger partial charge on any atom is 0.260 e. The van der Waals surface area contributed by atoms with Gasteiger partial charge in [0.15, 0.2) is 0 Å². The standard InChI is InChI=1S/C17H16FN3O3/c1-10-8-12(17-13(22)6-5-11(18)16(10)17)19-20-14(23)9-21-7-3-2-4-15(21)24/h2-7,10,22H,8-9H2,1H3,(H,20,23)/b19-12+/t10-/m0/s1. The van der Waals surface area contributed by atoms with Crippen LogP contribution < -0.4 is 11.0 Å². The van der Waals surface area contributed by atoms with Crippen LogP contribution in [0.25, 0.3) is 0 Å². The van der Waals surface area contributed by atoms with Gasteiger partial charge >= 0.3 is 0 Å². The molecular formula is C17H16FN3O3. The van der Waals surface area contributed by atoms with Gasteiger partial charge < -0.3 is 9.67 Å². The van der Waals surface area contributed by atoms with E-state index in [0.717, 1.165) is 0 Å². The quantitative estimate of drug-likeness (QED) is 0.841. The number of benzene rings is 1. The first-order valence-corrected chi connectivity index (χ1v) is 7.50. The van der Waals surface area contributed by atoms with Crippen molar-refractivity contribution in [2.24, 2.45) is 5.10 Å². The number of hydrogen-bond acceptors (Lipinski definition) is 4. The molecule has 0 radical (unpaired) electrons. The zero-order chi connectivity index (χ0) is 17.3. The Hall–Kier alpha value is -2.96. The first kappa shape index (κ1) is 15.9. The highest BCUT2D eigenvalue weighted by molar-refractivity contribution is 6.07. The fourth-order valence-corrected chi connectivity index (χ4v) is 2.87. The summed E-state index contributed by atoms with van der Waals surface area (Å²) < 4.78 is 15.2. The van der Waals surface area contributed by atoms with E-state index in [9.17, 15) is 19.1 Å². The minimum absolute atomic E-state index is 0.0666. The topological polar surface area (TPSA) is 83.7 Å². The number of rotatable bonds is 3. The molecule has 1 heterocycles. The van der Waals surface area contributed by atoms with E-state index in [0.29, 0.717) is 23.3 Å². The Kier molecular flexibility index (Phi) is 4.16. The minimum atomic E-state index is -0.479. The lowest BCUT2D eigenvalue weighted by molar-refractivity contribution is -0.121. The summed E-state index contributed by atoms with van der Waals surface area (Å²) in [5, 5.41) is 14.0. The predicted molar refractivity (Wildman–Crippen MR) is 86.5 cm³/mol. The second kappa shape index (κ2) is 6.27. The van der Waals surface area contributed by atoms with E-state index >= 15 is 0 Å². The van der Waals surface area contributed by atoms with E-state index in [1.54, 1.807) is 12.1 Å². The average molecular weight is 329 g/mol. The van der Waals surface area contributed by atoms with Gasteiger partial charge in [0, 0.05) is 23.4 Å². The fourth-order valence-electron chi connectivity index (χ4n) is 2.87. The van der Waals surface area contributed by atoms with Gasteiger partial charge in [0.1, 0.15) is 18.1 Å². The van der Waals surface area contributed by atoms with Crippen molar-refractivity contribution in [2.45, 2.75) is 25.8 Å². The third-order valence-corrected chi connectivity index (χ3v) is 3.98. The molecule has 0 aliphatic heterocycles. The number of hydrazone groups is 1. The van der Waals surface area contributed by atoms with Gasteiger partial charge in [0.05, 0.1) is 5.71 Å². The van der Waals surface area contributed by atoms with E-state index in [2.05, 4.69) is 10.5 Å². The molecule has 0 bridgehead atoms. The molecule has 124 valence electrons. The molecule has 1 aliphatic carbocycles. The number of halogens is 1. The maximum absolute atomic E-state index is 13.9. The van der Waals surface area contributed by atoms with Crippen LogP contribution in [0, 0.1) is 5.82 Å². The largest absolute Gasteiger partial charge is 0.507 e. The van der Waals surface area contributed by atoms with Crippen LogP contribution in [0.15, 0.2) is 46.4 Å². The van der Waals surface area contributed by atoms with Crippen LogP contribution in [-0.4, -0.2) is 21.3 Å². The van der Waals surface area contributed by atoms with Gasteiger partial charge in [0.25, 0.3) is 11.5 Å². The Labute approximate surface area is 137 Å². The average Bonchev–Trinajstić information content (AvgIpc) is 2.89. The van der Waals surface area contributed by atoms with Crippen LogP contribution in [0.3, 0.4) is 0 Å². The third-order valence-electron chi connectivity index (χ3n) is 3.98. The summed E-state index contributed by atoms with van der Waals surface area (Å²) in [6.07, 6.45) is 1.92. The molecule has 1 aromatic heterocycles. The Morgan fingerprint density at radius 1 is 1.42 bits per heavy atom. The van der Waals surface area contributed by atoms with Crippen LogP contribution in [0.1, 0.15) is 30.4 Å². The molecule has 0 saturated heterocycles. The first-order valence-electron chi connectivity index (χ1n) is 7.50. The molecule has 24 heavy (non-hydrogen) atoms. The molecule has 1 aromatic carbocycles. The molecule has 2 aromatic rings. The number of phenols is 1. The monoisotopic (exact) mass is 329 g/mol. The molecule has 3 rings (SSSR count). The molecule has 0 unspecified atom stereocenters. The van der Waals surface area contributed by atoms with Crippen LogP contribution >= 0.6 is 0 Å². The second-order valence-corrected chi connectivity index (χ2v) is 5.72. The number of nitrogens with one attached hydrogen (secondary N) is 1. The summed E-state index contributed by atoms with van der Waals surface area (Å²) >= 11 is 0. The number of amides is 1. The highest BCUT2D eigenvalue weighted by atomic mass is 19.1. The lowest BCUT2D eigenvalue weighted by Gasteiger charge is -2.07. The number of pyridine rings is 1. The summed E-state index contributed by atoms with van der Waals surface area (Å²) in [4.78, 5) is 23.5. The van der Waals surface area contributed by atoms with Gasteiger partial charge in [-0.2, -0.15) is 5.10 Å². The number of phenolic OH excluding ortho intramolecular Hbond substituents is 1. The lowest BCUT2D eigenvalue weighted by Crippen LogP contribution is -2.29. The summed E-state index contributed by atoms with van der Waals surface area (Å²) in [7, 11) is 0. The van der Waals surface area contributed by atoms with E-state index in [4.69, 9.17) is 0 Å². The second-order valence-electron chi connectivity index (χ2n) is 5.72. The molecule has 0 saturated carbocycles. The Morgan fingerprint density at radius 2 is 2.21 bits per heavy atom. The Morgan fingerprint density at radius 3 is 2.96 bits per heavy atom. The zero-order valence-corrected chi connectivity index (χ0v) is 13.0. The number of aromatic hydroxyl groups is 1. The summed E-state index contributed by atoms with van der Waals surface area (Å²) in [6.45, 7) is 1.66. The summed E-state index contributed by atoms with van der Waals surface area (Å²) in [6, 6.07) is 7.08. The normalized spacial score (nSPS) is 17.8. The molecular weight excluding hydrogens is 313 g/mol. The number of aromatic nitrogens is 1. The van der Waals surface area contributed by atoms with Crippen LogP contribution in [0.5, 0.6) is 5.75 Å². The van der Waals surface area contributed by atoms with Crippen molar-refractivity contribution in [1.29, 1.82) is 0 Å². The molecule has 7 heteroatoms. The molecule has 6 nitrogen and oxygen atoms in total. The van der Waals surface area contributed by atoms with Crippen molar-refractivity contribution < 1.29 is 14.3 Å². The van der Waals surface area contributed by atoms with Crippen molar-refractivity contribution >= 4 is 11.6 Å². The van der Waals surface area contributed by atoms with Crippen LogP contribution in [-0.2, 0) is 11.3 Å². The number of hydrogen-bond donors (Lipinski definition) is 2. The van der Waals surface area contributed by atoms with Gasteiger partial charge in [0.2, 0.25) is 0 Å². The highest BCUT2D eigenvalue weighted by Crippen LogP contribution is 2.39. The van der Waals surface area contributed by atoms with Gasteiger partial charge in [-0.25, -0.2) is 9.82 Å². The van der Waals surface area contributed by atoms with E-state index in [-0.39, 0.29) is 23.8 Å². The van der Waals surface area contributed by atoms with E-state index < -0.39 is 11.7 Å². The first-order chi connectivity index (χ1) is 11.5. The summed E-state index contributed by atoms with van der Waals surface area (Å²) in [5.74, 6) is -1.09. The molecule has 1 aliphatic rings. The van der Waals surface area contributed by atoms with Gasteiger partial charge in [-0.1, -0.05) is 13.0 Å². The van der Waals surface area contributed by atoms with Crippen molar-refractivity contribution in [3.8, 4) is 5.75 Å². The van der Waals surface area contributed by atoms with Gasteiger partial charge in [-0.3, -0.25) is 9.59 Å². The maximum atomic E-state index is 13.9. The van der Waals surface area contributed by atoms with Crippen LogP contribution in [0.2, 0.25) is 0 Å². The SMILES string of the molecule is C[C@H]1C/C(=N\NC(=O)Cn2ccccc2=O)c2c(O)ccc(F)c21. The van der Waals surface area contributed by atoms with Gasteiger partial charge in [-0.05, 0) is 30.5 Å². The predicted octanol–water partition coefficient (Wildman–Crippen LogP) is 1.72. The number of carbonyl (C=O) groups is 1. The Bertz CT molecular complexity index is 889. The van der Waals surface area contributed by atoms with E-state index in [1.165, 1.54) is 29.0 Å². The Balaban J connectivity index is 1.80. The van der Waals surface area contributed by atoms with Crippen molar-refractivity contribution in [2.75, 3.05) is 0 Å². The smallest absolute Gasteiger partial charge is 0.260 e. The molecule has 0 spiro atoms. The molecule has 1 atom stereocenters.